The summed E-state index contributed by atoms with van der Waals surface area (Å²) >= 11 is 0. The van der Waals surface area contributed by atoms with Crippen molar-refractivity contribution in [2.45, 2.75) is 18.7 Å². The molecule has 0 saturated heterocycles. The Morgan fingerprint density at radius 3 is 2.36 bits per heavy atom. The van der Waals surface area contributed by atoms with Gasteiger partial charge in [0.15, 0.2) is 5.78 Å². The van der Waals surface area contributed by atoms with Crippen LogP contribution in [-0.2, 0) is 10.0 Å². The quantitative estimate of drug-likeness (QED) is 0.456. The van der Waals surface area contributed by atoms with Crippen molar-refractivity contribution in [2.24, 2.45) is 0 Å². The van der Waals surface area contributed by atoms with E-state index in [1.807, 2.05) is 19.1 Å². The Hall–Kier alpha value is -3.25. The third-order valence-electron chi connectivity index (χ3n) is 5.20. The third kappa shape index (κ3) is 2.15. The standard InChI is InChI=1S/C22H16N2O3S/c1-13-10-11-14(2)19(12-13)28(26,27)24-18-9-5-8-17-20(18)21(23-24)15-6-3-4-7-16(15)22(17)25/h3-12H,1-2H3. The van der Waals surface area contributed by atoms with Crippen molar-refractivity contribution in [3.8, 4) is 11.3 Å². The minimum atomic E-state index is -3.92. The number of carbonyl (C=O) groups is 1. The summed E-state index contributed by atoms with van der Waals surface area (Å²) < 4.78 is 28.0. The van der Waals surface area contributed by atoms with Gasteiger partial charge in [-0.3, -0.25) is 4.79 Å². The molecule has 0 amide bonds. The first-order valence-electron chi connectivity index (χ1n) is 8.88. The summed E-state index contributed by atoms with van der Waals surface area (Å²) in [5.74, 6) is -0.114. The van der Waals surface area contributed by atoms with Gasteiger partial charge in [0.25, 0.3) is 10.0 Å². The summed E-state index contributed by atoms with van der Waals surface area (Å²) in [6, 6.07) is 17.6. The summed E-state index contributed by atoms with van der Waals surface area (Å²) in [6.07, 6.45) is 0. The van der Waals surface area contributed by atoms with Gasteiger partial charge in [-0.15, -0.1) is 0 Å². The number of rotatable bonds is 2. The molecule has 1 aliphatic rings. The number of ketones is 1. The number of aryl methyl sites for hydroxylation is 2. The Labute approximate surface area is 162 Å². The van der Waals surface area contributed by atoms with Crippen LogP contribution in [0.15, 0.2) is 65.6 Å². The molecule has 5 rings (SSSR count). The van der Waals surface area contributed by atoms with E-state index in [1.165, 1.54) is 0 Å². The molecule has 0 radical (unpaired) electrons. The molecule has 1 aromatic heterocycles. The molecule has 0 N–H and O–H groups in total. The van der Waals surface area contributed by atoms with Crippen molar-refractivity contribution >= 4 is 26.7 Å². The second-order valence-electron chi connectivity index (χ2n) is 7.04. The molecule has 0 bridgehead atoms. The van der Waals surface area contributed by atoms with E-state index in [2.05, 4.69) is 5.10 Å². The second kappa shape index (κ2) is 5.62. The average Bonchev–Trinajstić information content (AvgIpc) is 3.09. The summed E-state index contributed by atoms with van der Waals surface area (Å²) in [6.45, 7) is 3.62. The molecular formula is C22H16N2O3S. The molecule has 1 heterocycles. The van der Waals surface area contributed by atoms with Gasteiger partial charge in [-0.1, -0.05) is 48.5 Å². The number of fused-ring (bicyclic) bond motifs is 2. The molecule has 0 saturated carbocycles. The molecule has 4 aromatic rings. The SMILES string of the molecule is Cc1ccc(C)c(S(=O)(=O)n2nc3c4c(cccc42)C(=O)c2ccccc2-3)c1. The fraction of sp³-hybridized carbons (Fsp3) is 0.0909. The first kappa shape index (κ1) is 16.9. The zero-order valence-corrected chi connectivity index (χ0v) is 16.1. The largest absolute Gasteiger partial charge is 0.289 e. The van der Waals surface area contributed by atoms with E-state index >= 15 is 0 Å². The van der Waals surface area contributed by atoms with Gasteiger partial charge < -0.3 is 0 Å². The monoisotopic (exact) mass is 388 g/mol. The summed E-state index contributed by atoms with van der Waals surface area (Å²) in [4.78, 5) is 13.2. The van der Waals surface area contributed by atoms with Crippen LogP contribution in [0.25, 0.3) is 22.2 Å². The maximum Gasteiger partial charge on any atom is 0.283 e. The zero-order valence-electron chi connectivity index (χ0n) is 15.3. The smallest absolute Gasteiger partial charge is 0.283 e. The highest BCUT2D eigenvalue weighted by molar-refractivity contribution is 7.90. The Balaban J connectivity index is 1.89. The number of carbonyl (C=O) groups excluding carboxylic acids is 1. The summed E-state index contributed by atoms with van der Waals surface area (Å²) in [7, 11) is -3.92. The van der Waals surface area contributed by atoms with Crippen LogP contribution in [0, 0.1) is 13.8 Å². The van der Waals surface area contributed by atoms with E-state index in [1.54, 1.807) is 55.5 Å². The topological polar surface area (TPSA) is 69.0 Å². The molecule has 3 aromatic carbocycles. The normalized spacial score (nSPS) is 13.0. The van der Waals surface area contributed by atoms with Crippen molar-refractivity contribution in [1.82, 2.24) is 9.19 Å². The minimum absolute atomic E-state index is 0.114. The molecule has 5 nitrogen and oxygen atoms in total. The van der Waals surface area contributed by atoms with Crippen LogP contribution in [0.2, 0.25) is 0 Å². The maximum absolute atomic E-state index is 13.5. The lowest BCUT2D eigenvalue weighted by Crippen LogP contribution is -2.16. The van der Waals surface area contributed by atoms with Crippen molar-refractivity contribution in [3.63, 3.8) is 0 Å². The average molecular weight is 388 g/mol. The lowest BCUT2D eigenvalue weighted by molar-refractivity contribution is 0.104. The minimum Gasteiger partial charge on any atom is -0.289 e. The van der Waals surface area contributed by atoms with Gasteiger partial charge >= 0.3 is 0 Å². The number of hydrogen-bond acceptors (Lipinski definition) is 4. The van der Waals surface area contributed by atoms with Crippen LogP contribution >= 0.6 is 0 Å². The highest BCUT2D eigenvalue weighted by Gasteiger charge is 2.32. The number of benzene rings is 3. The third-order valence-corrected chi connectivity index (χ3v) is 6.93. The molecule has 0 fully saturated rings. The van der Waals surface area contributed by atoms with E-state index in [4.69, 9.17) is 0 Å². The van der Waals surface area contributed by atoms with Gasteiger partial charge in [0.1, 0.15) is 5.69 Å². The van der Waals surface area contributed by atoms with E-state index in [-0.39, 0.29) is 10.7 Å². The fourth-order valence-corrected chi connectivity index (χ4v) is 5.41. The second-order valence-corrected chi connectivity index (χ2v) is 8.78. The predicted molar refractivity (Wildman–Crippen MR) is 107 cm³/mol. The van der Waals surface area contributed by atoms with Crippen LogP contribution in [0.1, 0.15) is 27.0 Å². The van der Waals surface area contributed by atoms with Gasteiger partial charge in [0, 0.05) is 22.1 Å². The highest BCUT2D eigenvalue weighted by Crippen LogP contribution is 2.39. The highest BCUT2D eigenvalue weighted by atomic mass is 32.2. The van der Waals surface area contributed by atoms with Gasteiger partial charge in [0.05, 0.1) is 10.4 Å². The first-order valence-corrected chi connectivity index (χ1v) is 10.3. The van der Waals surface area contributed by atoms with Crippen molar-refractivity contribution in [3.05, 3.63) is 82.9 Å². The van der Waals surface area contributed by atoms with E-state index in [9.17, 15) is 13.2 Å². The van der Waals surface area contributed by atoms with Crippen molar-refractivity contribution in [1.29, 1.82) is 0 Å². The Morgan fingerprint density at radius 1 is 0.857 bits per heavy atom. The molecule has 0 unspecified atom stereocenters. The summed E-state index contributed by atoms with van der Waals surface area (Å²) in [5, 5.41) is 5.07. The lowest BCUT2D eigenvalue weighted by Gasteiger charge is -2.13. The first-order chi connectivity index (χ1) is 13.4. The molecule has 0 aliphatic heterocycles. The zero-order chi connectivity index (χ0) is 19.6. The van der Waals surface area contributed by atoms with Crippen LogP contribution in [-0.4, -0.2) is 23.4 Å². The molecule has 138 valence electrons. The molecule has 1 aliphatic carbocycles. The molecule has 6 heteroatoms. The number of hydrogen-bond donors (Lipinski definition) is 0. The Kier molecular flexibility index (Phi) is 3.39. The van der Waals surface area contributed by atoms with Crippen LogP contribution in [0.4, 0.5) is 0 Å². The van der Waals surface area contributed by atoms with Crippen molar-refractivity contribution in [2.75, 3.05) is 0 Å². The maximum atomic E-state index is 13.5. The van der Waals surface area contributed by atoms with E-state index in [0.717, 1.165) is 9.65 Å². The van der Waals surface area contributed by atoms with Crippen LogP contribution in [0.3, 0.4) is 0 Å². The predicted octanol–water partition coefficient (Wildman–Crippen LogP) is 4.10. The molecule has 0 atom stereocenters. The number of aromatic nitrogens is 2. The fourth-order valence-electron chi connectivity index (χ4n) is 3.82. The van der Waals surface area contributed by atoms with Crippen molar-refractivity contribution < 1.29 is 13.2 Å². The van der Waals surface area contributed by atoms with E-state index < -0.39 is 10.0 Å². The van der Waals surface area contributed by atoms with Crippen LogP contribution in [0.5, 0.6) is 0 Å². The molecular weight excluding hydrogens is 372 g/mol. The van der Waals surface area contributed by atoms with Gasteiger partial charge in [0.2, 0.25) is 0 Å². The summed E-state index contributed by atoms with van der Waals surface area (Å²) in [5.41, 5.74) is 4.12. The van der Waals surface area contributed by atoms with Gasteiger partial charge in [-0.05, 0) is 37.1 Å². The molecule has 0 spiro atoms. The Bertz CT molecular complexity index is 1420. The van der Waals surface area contributed by atoms with Crippen LogP contribution < -0.4 is 0 Å². The lowest BCUT2D eigenvalue weighted by atomic mass is 9.87. The van der Waals surface area contributed by atoms with Gasteiger partial charge in [-0.25, -0.2) is 0 Å². The molecule has 28 heavy (non-hydrogen) atoms. The van der Waals surface area contributed by atoms with Gasteiger partial charge in [-0.2, -0.15) is 17.6 Å². The van der Waals surface area contributed by atoms with E-state index in [0.29, 0.717) is 38.9 Å². The Morgan fingerprint density at radius 2 is 1.57 bits per heavy atom. The number of nitrogens with zero attached hydrogens (tertiary/aromatic N) is 2.